The van der Waals surface area contributed by atoms with Crippen LogP contribution < -0.4 is 15.0 Å². The van der Waals surface area contributed by atoms with Crippen molar-refractivity contribution in [2.24, 2.45) is 0 Å². The van der Waals surface area contributed by atoms with Gasteiger partial charge in [-0.25, -0.2) is 14.4 Å². The van der Waals surface area contributed by atoms with Crippen molar-refractivity contribution in [2.45, 2.75) is 32.4 Å². The summed E-state index contributed by atoms with van der Waals surface area (Å²) in [4.78, 5) is 33.7. The lowest BCUT2D eigenvalue weighted by molar-refractivity contribution is -0.134. The predicted molar refractivity (Wildman–Crippen MR) is 136 cm³/mol. The maximum atomic E-state index is 12.5. The van der Waals surface area contributed by atoms with Crippen LogP contribution in [0.1, 0.15) is 31.1 Å². The molecule has 1 aliphatic rings. The first-order valence-electron chi connectivity index (χ1n) is 11.5. The number of carboxylic acids is 2. The Kier molecular flexibility index (Phi) is 11.9. The fourth-order valence-corrected chi connectivity index (χ4v) is 3.42. The highest BCUT2D eigenvalue weighted by atomic mass is 32.1. The molecule has 3 N–H and O–H groups in total. The molecule has 2 heterocycles. The van der Waals surface area contributed by atoms with Gasteiger partial charge < -0.3 is 34.6 Å². The van der Waals surface area contributed by atoms with Gasteiger partial charge in [-0.1, -0.05) is 18.2 Å². The van der Waals surface area contributed by atoms with Crippen molar-refractivity contribution in [1.82, 2.24) is 14.1 Å². The van der Waals surface area contributed by atoms with Crippen LogP contribution in [-0.4, -0.2) is 88.0 Å². The molecule has 3 rings (SSSR count). The van der Waals surface area contributed by atoms with E-state index in [9.17, 15) is 14.4 Å². The largest absolute Gasteiger partial charge is 0.478 e. The molecule has 0 unspecified atom stereocenters. The summed E-state index contributed by atoms with van der Waals surface area (Å²) >= 11 is 1.11. The van der Waals surface area contributed by atoms with Crippen LogP contribution >= 0.6 is 11.7 Å². The van der Waals surface area contributed by atoms with Crippen molar-refractivity contribution in [3.05, 3.63) is 48.0 Å². The van der Waals surface area contributed by atoms with Crippen molar-refractivity contribution >= 4 is 35.5 Å². The Labute approximate surface area is 219 Å². The Morgan fingerprint density at radius 1 is 1.11 bits per heavy atom. The van der Waals surface area contributed by atoms with E-state index in [2.05, 4.69) is 39.7 Å². The number of anilines is 1. The Hall–Kier alpha value is -3.55. The SMILES string of the molecule is CC(C)(C)NC[C@@H](COc1nsnc1N1CCOCC1)OC(=O)c1ccccc1.O=C(O)/C=C\C(=O)O. The van der Waals surface area contributed by atoms with E-state index in [1.54, 1.807) is 12.1 Å². The molecule has 37 heavy (non-hydrogen) atoms. The van der Waals surface area contributed by atoms with Crippen molar-refractivity contribution in [3.8, 4) is 5.88 Å². The Morgan fingerprint density at radius 2 is 1.73 bits per heavy atom. The number of aliphatic carboxylic acids is 2. The van der Waals surface area contributed by atoms with Gasteiger partial charge in [0.1, 0.15) is 12.7 Å². The highest BCUT2D eigenvalue weighted by molar-refractivity contribution is 6.99. The van der Waals surface area contributed by atoms with E-state index in [1.165, 1.54) is 0 Å². The summed E-state index contributed by atoms with van der Waals surface area (Å²) in [5.74, 6) is -1.71. The maximum Gasteiger partial charge on any atom is 0.338 e. The number of esters is 1. The number of nitrogens with zero attached hydrogens (tertiary/aromatic N) is 3. The van der Waals surface area contributed by atoms with Crippen LogP contribution in [-0.2, 0) is 19.1 Å². The molecular weight excluding hydrogens is 504 g/mol. The lowest BCUT2D eigenvalue weighted by atomic mass is 10.1. The zero-order valence-corrected chi connectivity index (χ0v) is 21.8. The Balaban J connectivity index is 0.000000521. The molecule has 202 valence electrons. The van der Waals surface area contributed by atoms with Gasteiger partial charge in [-0.05, 0) is 32.9 Å². The van der Waals surface area contributed by atoms with Gasteiger partial charge in [0.15, 0.2) is 0 Å². The average molecular weight is 537 g/mol. The molecule has 1 atom stereocenters. The van der Waals surface area contributed by atoms with Gasteiger partial charge in [0.2, 0.25) is 5.82 Å². The molecule has 1 aromatic heterocycles. The summed E-state index contributed by atoms with van der Waals surface area (Å²) in [5, 5.41) is 19.0. The second-order valence-electron chi connectivity index (χ2n) is 8.84. The van der Waals surface area contributed by atoms with Crippen LogP contribution in [0.25, 0.3) is 0 Å². The van der Waals surface area contributed by atoms with E-state index in [4.69, 9.17) is 24.4 Å². The summed E-state index contributed by atoms with van der Waals surface area (Å²) in [6.07, 6.45) is 0.645. The third-order valence-electron chi connectivity index (χ3n) is 4.67. The molecule has 1 saturated heterocycles. The quantitative estimate of drug-likeness (QED) is 0.300. The summed E-state index contributed by atoms with van der Waals surface area (Å²) < 4.78 is 25.7. The fraction of sp³-hybridized carbons (Fsp3) is 0.458. The van der Waals surface area contributed by atoms with Crippen molar-refractivity contribution < 1.29 is 38.8 Å². The summed E-state index contributed by atoms with van der Waals surface area (Å²) in [6, 6.07) is 8.95. The fourth-order valence-electron chi connectivity index (χ4n) is 2.90. The zero-order valence-electron chi connectivity index (χ0n) is 21.0. The third kappa shape index (κ3) is 11.8. The standard InChI is InChI=1S/C20H28N4O4S.C4H4O4/c1-20(2,3)21-13-16(28-19(25)15-7-5-4-6-8-15)14-27-18-17(22-29-23-18)24-9-11-26-12-10-24;5-3(6)1-2-4(7)8/h4-8,16,21H,9-14H2,1-3H3;1-2H,(H,5,6)(H,7,8)/b;2-1-/t16-;/m0./s1. The monoisotopic (exact) mass is 536 g/mol. The first-order chi connectivity index (χ1) is 17.5. The number of rotatable bonds is 10. The normalized spacial score (nSPS) is 14.4. The maximum absolute atomic E-state index is 12.5. The number of ether oxygens (including phenoxy) is 3. The first-order valence-corrected chi connectivity index (χ1v) is 12.2. The highest BCUT2D eigenvalue weighted by Gasteiger charge is 2.23. The minimum absolute atomic E-state index is 0.113. The van der Waals surface area contributed by atoms with E-state index in [0.29, 0.717) is 43.4 Å². The van der Waals surface area contributed by atoms with E-state index in [1.807, 2.05) is 18.2 Å². The van der Waals surface area contributed by atoms with Crippen LogP contribution in [0.4, 0.5) is 5.82 Å². The van der Waals surface area contributed by atoms with Crippen molar-refractivity contribution in [1.29, 1.82) is 0 Å². The number of morpholine rings is 1. The zero-order chi connectivity index (χ0) is 27.3. The topological polar surface area (TPSA) is 160 Å². The first kappa shape index (κ1) is 29.7. The van der Waals surface area contributed by atoms with E-state index < -0.39 is 18.0 Å². The lowest BCUT2D eigenvalue weighted by Gasteiger charge is -2.27. The number of carboxylic acid groups (broad SMARTS) is 2. The minimum Gasteiger partial charge on any atom is -0.478 e. The van der Waals surface area contributed by atoms with Crippen LogP contribution in [0, 0.1) is 0 Å². The number of aromatic nitrogens is 2. The number of benzene rings is 1. The van der Waals surface area contributed by atoms with Gasteiger partial charge in [-0.3, -0.25) is 0 Å². The van der Waals surface area contributed by atoms with Gasteiger partial charge in [-0.15, -0.1) is 4.37 Å². The van der Waals surface area contributed by atoms with Gasteiger partial charge >= 0.3 is 17.9 Å². The number of nitrogens with one attached hydrogen (secondary N) is 1. The second-order valence-corrected chi connectivity index (χ2v) is 9.37. The van der Waals surface area contributed by atoms with Crippen LogP contribution in [0.2, 0.25) is 0 Å². The highest BCUT2D eigenvalue weighted by Crippen LogP contribution is 2.26. The van der Waals surface area contributed by atoms with Crippen LogP contribution in [0.3, 0.4) is 0 Å². The molecule has 0 amide bonds. The molecule has 2 aromatic rings. The minimum atomic E-state index is -1.26. The summed E-state index contributed by atoms with van der Waals surface area (Å²) in [6.45, 7) is 9.64. The number of hydrogen-bond acceptors (Lipinski definition) is 11. The molecule has 0 aliphatic carbocycles. The van der Waals surface area contributed by atoms with Crippen molar-refractivity contribution in [2.75, 3.05) is 44.4 Å². The molecular formula is C24H32N4O8S. The summed E-state index contributed by atoms with van der Waals surface area (Å²) in [5.41, 5.74) is 0.399. The third-order valence-corrected chi connectivity index (χ3v) is 5.17. The van der Waals surface area contributed by atoms with Gasteiger partial charge in [0.05, 0.1) is 30.5 Å². The molecule has 13 heteroatoms. The molecule has 0 radical (unpaired) electrons. The van der Waals surface area contributed by atoms with E-state index in [-0.39, 0.29) is 18.1 Å². The van der Waals surface area contributed by atoms with E-state index in [0.717, 1.165) is 30.6 Å². The predicted octanol–water partition coefficient (Wildman–Crippen LogP) is 2.08. The second kappa shape index (κ2) is 14.9. The number of carbonyl (C=O) groups is 3. The van der Waals surface area contributed by atoms with Crippen molar-refractivity contribution in [3.63, 3.8) is 0 Å². The van der Waals surface area contributed by atoms with Crippen LogP contribution in [0.15, 0.2) is 42.5 Å². The van der Waals surface area contributed by atoms with Gasteiger partial charge in [0, 0.05) is 37.3 Å². The smallest absolute Gasteiger partial charge is 0.338 e. The van der Waals surface area contributed by atoms with Gasteiger partial charge in [0.25, 0.3) is 5.88 Å². The Morgan fingerprint density at radius 3 is 2.30 bits per heavy atom. The molecule has 12 nitrogen and oxygen atoms in total. The molecule has 0 bridgehead atoms. The number of hydrogen-bond donors (Lipinski definition) is 3. The Bertz CT molecular complexity index is 1020. The van der Waals surface area contributed by atoms with Crippen LogP contribution in [0.5, 0.6) is 5.88 Å². The number of carbonyl (C=O) groups excluding carboxylic acids is 1. The molecule has 1 fully saturated rings. The molecule has 0 saturated carbocycles. The average Bonchev–Trinajstić information content (AvgIpc) is 3.34. The summed E-state index contributed by atoms with van der Waals surface area (Å²) in [7, 11) is 0. The molecule has 1 aliphatic heterocycles. The molecule has 0 spiro atoms. The molecule has 1 aromatic carbocycles. The van der Waals surface area contributed by atoms with Gasteiger partial charge in [-0.2, -0.15) is 4.37 Å². The van der Waals surface area contributed by atoms with E-state index >= 15 is 0 Å². The lowest BCUT2D eigenvalue weighted by Crippen LogP contribution is -2.44.